The molecule has 2 amide bonds. The lowest BCUT2D eigenvalue weighted by molar-refractivity contribution is -0.137. The predicted octanol–water partition coefficient (Wildman–Crippen LogP) is 2.10. The first-order valence-corrected chi connectivity index (χ1v) is 9.34. The summed E-state index contributed by atoms with van der Waals surface area (Å²) in [6, 6.07) is 0.182. The van der Waals surface area contributed by atoms with Crippen LogP contribution >= 0.6 is 0 Å². The molecule has 1 saturated carbocycles. The van der Waals surface area contributed by atoms with Crippen LogP contribution in [0, 0.1) is 11.8 Å². The van der Waals surface area contributed by atoms with Crippen LogP contribution in [0.5, 0.6) is 0 Å². The highest BCUT2D eigenvalue weighted by atomic mass is 16.5. The van der Waals surface area contributed by atoms with E-state index in [1.165, 1.54) is 6.42 Å². The molecule has 5 heteroatoms. The van der Waals surface area contributed by atoms with E-state index >= 15 is 0 Å². The smallest absolute Gasteiger partial charge is 0.225 e. The topological polar surface area (TPSA) is 58.6 Å². The number of nitrogens with zero attached hydrogens (tertiary/aromatic N) is 1. The Morgan fingerprint density at radius 2 is 2.00 bits per heavy atom. The van der Waals surface area contributed by atoms with Crippen LogP contribution in [0.1, 0.15) is 58.3 Å². The largest absolute Gasteiger partial charge is 0.378 e. The molecule has 3 aliphatic rings. The molecule has 0 aromatic heterocycles. The molecule has 0 aromatic rings. The number of rotatable bonds is 6. The van der Waals surface area contributed by atoms with E-state index in [9.17, 15) is 9.59 Å². The Morgan fingerprint density at radius 3 is 2.70 bits per heavy atom. The molecule has 23 heavy (non-hydrogen) atoms. The van der Waals surface area contributed by atoms with Crippen LogP contribution in [0.3, 0.4) is 0 Å². The van der Waals surface area contributed by atoms with Crippen molar-refractivity contribution < 1.29 is 14.3 Å². The highest BCUT2D eigenvalue weighted by Gasteiger charge is 2.36. The summed E-state index contributed by atoms with van der Waals surface area (Å²) in [5, 5.41) is 3.15. The average molecular weight is 322 g/mol. The molecular weight excluding hydrogens is 292 g/mol. The van der Waals surface area contributed by atoms with E-state index in [4.69, 9.17) is 4.74 Å². The molecule has 3 unspecified atom stereocenters. The van der Waals surface area contributed by atoms with Gasteiger partial charge in [-0.1, -0.05) is 0 Å². The SMILES string of the molecule is CC(CCC1CCCO1)NC(=O)C1CCCN(C(=O)C2CC2)C1. The summed E-state index contributed by atoms with van der Waals surface area (Å²) < 4.78 is 5.64. The fraction of sp³-hybridized carbons (Fsp3) is 0.889. The third kappa shape index (κ3) is 4.69. The molecule has 0 bridgehead atoms. The van der Waals surface area contributed by atoms with E-state index in [1.807, 2.05) is 4.90 Å². The van der Waals surface area contributed by atoms with E-state index in [0.717, 1.165) is 58.1 Å². The number of ether oxygens (including phenoxy) is 1. The number of amides is 2. The number of carbonyl (C=O) groups excluding carboxylic acids is 2. The van der Waals surface area contributed by atoms with Crippen molar-refractivity contribution in [1.29, 1.82) is 0 Å². The van der Waals surface area contributed by atoms with E-state index in [1.54, 1.807) is 0 Å². The van der Waals surface area contributed by atoms with Gasteiger partial charge in [0.1, 0.15) is 0 Å². The molecule has 3 fully saturated rings. The van der Waals surface area contributed by atoms with Crippen LogP contribution in [0.15, 0.2) is 0 Å². The lowest BCUT2D eigenvalue weighted by atomic mass is 9.96. The van der Waals surface area contributed by atoms with Gasteiger partial charge >= 0.3 is 0 Å². The molecule has 3 rings (SSSR count). The molecule has 2 aliphatic heterocycles. The first-order valence-electron chi connectivity index (χ1n) is 9.34. The number of likely N-dealkylation sites (tertiary alicyclic amines) is 1. The van der Waals surface area contributed by atoms with Gasteiger partial charge in [0.05, 0.1) is 12.0 Å². The van der Waals surface area contributed by atoms with Crippen LogP contribution in [0.4, 0.5) is 0 Å². The molecule has 130 valence electrons. The van der Waals surface area contributed by atoms with E-state index < -0.39 is 0 Å². The summed E-state index contributed by atoms with van der Waals surface area (Å²) >= 11 is 0. The molecule has 0 radical (unpaired) electrons. The van der Waals surface area contributed by atoms with Crippen molar-refractivity contribution in [3.63, 3.8) is 0 Å². The zero-order valence-corrected chi connectivity index (χ0v) is 14.3. The van der Waals surface area contributed by atoms with Gasteiger partial charge in [0.15, 0.2) is 0 Å². The average Bonchev–Trinajstić information content (AvgIpc) is 3.28. The van der Waals surface area contributed by atoms with Gasteiger partial charge in [-0.15, -0.1) is 0 Å². The molecule has 1 aliphatic carbocycles. The van der Waals surface area contributed by atoms with Crippen LogP contribution in [0.2, 0.25) is 0 Å². The zero-order valence-electron chi connectivity index (χ0n) is 14.3. The molecule has 2 saturated heterocycles. The number of hydrogen-bond acceptors (Lipinski definition) is 3. The summed E-state index contributed by atoms with van der Waals surface area (Å²) in [5.41, 5.74) is 0. The van der Waals surface area contributed by atoms with E-state index in [0.29, 0.717) is 12.6 Å². The van der Waals surface area contributed by atoms with E-state index in [-0.39, 0.29) is 29.7 Å². The van der Waals surface area contributed by atoms with Crippen molar-refractivity contribution in [3.05, 3.63) is 0 Å². The normalized spacial score (nSPS) is 29.3. The lowest BCUT2D eigenvalue weighted by Crippen LogP contribution is -2.47. The minimum Gasteiger partial charge on any atom is -0.378 e. The van der Waals surface area contributed by atoms with Gasteiger partial charge in [-0.3, -0.25) is 9.59 Å². The maximum atomic E-state index is 12.5. The van der Waals surface area contributed by atoms with Crippen molar-refractivity contribution in [1.82, 2.24) is 10.2 Å². The third-order valence-electron chi connectivity index (χ3n) is 5.36. The molecule has 2 heterocycles. The summed E-state index contributed by atoms with van der Waals surface area (Å²) in [4.78, 5) is 26.6. The van der Waals surface area contributed by atoms with Crippen molar-refractivity contribution >= 4 is 11.8 Å². The minimum absolute atomic E-state index is 0.0309. The monoisotopic (exact) mass is 322 g/mol. The van der Waals surface area contributed by atoms with Crippen LogP contribution in [-0.2, 0) is 14.3 Å². The Morgan fingerprint density at radius 1 is 1.17 bits per heavy atom. The predicted molar refractivity (Wildman–Crippen MR) is 87.8 cm³/mol. The number of carbonyl (C=O) groups is 2. The fourth-order valence-electron chi connectivity index (χ4n) is 3.72. The van der Waals surface area contributed by atoms with Gasteiger partial charge in [0.2, 0.25) is 11.8 Å². The van der Waals surface area contributed by atoms with Gasteiger partial charge < -0.3 is 15.0 Å². The third-order valence-corrected chi connectivity index (χ3v) is 5.36. The Bertz CT molecular complexity index is 430. The van der Waals surface area contributed by atoms with Crippen molar-refractivity contribution in [2.24, 2.45) is 11.8 Å². The maximum absolute atomic E-state index is 12.5. The molecule has 0 aromatic carbocycles. The number of nitrogens with one attached hydrogen (secondary N) is 1. The summed E-state index contributed by atoms with van der Waals surface area (Å²) in [5.74, 6) is 0.617. The Labute approximate surface area is 139 Å². The number of hydrogen-bond donors (Lipinski definition) is 1. The standard InChI is InChI=1S/C18H30N2O3/c1-13(6-9-16-5-3-11-23-16)19-17(21)15-4-2-10-20(12-15)18(22)14-7-8-14/h13-16H,2-12H2,1H3,(H,19,21). The first-order chi connectivity index (χ1) is 11.1. The summed E-state index contributed by atoms with van der Waals surface area (Å²) in [7, 11) is 0. The second kappa shape index (κ2) is 7.65. The Hall–Kier alpha value is -1.10. The highest BCUT2D eigenvalue weighted by Crippen LogP contribution is 2.32. The molecule has 0 spiro atoms. The second-order valence-electron chi connectivity index (χ2n) is 7.52. The van der Waals surface area contributed by atoms with Crippen molar-refractivity contribution in [2.45, 2.75) is 70.4 Å². The Balaban J connectivity index is 1.40. The molecular formula is C18H30N2O3. The van der Waals surface area contributed by atoms with Gasteiger partial charge in [-0.2, -0.15) is 0 Å². The zero-order chi connectivity index (χ0) is 16.2. The molecule has 3 atom stereocenters. The number of piperidine rings is 1. The molecule has 1 N–H and O–H groups in total. The van der Waals surface area contributed by atoms with Crippen LogP contribution in [-0.4, -0.2) is 48.6 Å². The highest BCUT2D eigenvalue weighted by molar-refractivity contribution is 5.83. The Kier molecular flexibility index (Phi) is 5.57. The second-order valence-corrected chi connectivity index (χ2v) is 7.52. The summed E-state index contributed by atoms with van der Waals surface area (Å²) in [6.07, 6.45) is 8.61. The van der Waals surface area contributed by atoms with Crippen LogP contribution in [0.25, 0.3) is 0 Å². The fourth-order valence-corrected chi connectivity index (χ4v) is 3.72. The summed E-state index contributed by atoms with van der Waals surface area (Å²) in [6.45, 7) is 4.40. The lowest BCUT2D eigenvalue weighted by Gasteiger charge is -2.33. The van der Waals surface area contributed by atoms with Crippen LogP contribution < -0.4 is 5.32 Å². The molecule has 5 nitrogen and oxygen atoms in total. The van der Waals surface area contributed by atoms with Gasteiger partial charge in [0.25, 0.3) is 0 Å². The van der Waals surface area contributed by atoms with E-state index in [2.05, 4.69) is 12.2 Å². The maximum Gasteiger partial charge on any atom is 0.225 e. The van der Waals surface area contributed by atoms with Crippen molar-refractivity contribution in [2.75, 3.05) is 19.7 Å². The van der Waals surface area contributed by atoms with Crippen molar-refractivity contribution in [3.8, 4) is 0 Å². The van der Waals surface area contributed by atoms with Gasteiger partial charge in [0, 0.05) is 31.7 Å². The quantitative estimate of drug-likeness (QED) is 0.815. The van der Waals surface area contributed by atoms with Gasteiger partial charge in [-0.25, -0.2) is 0 Å². The first kappa shape index (κ1) is 16.7. The van der Waals surface area contributed by atoms with Gasteiger partial charge in [-0.05, 0) is 58.3 Å². The minimum atomic E-state index is -0.0309.